The van der Waals surface area contributed by atoms with Crippen LogP contribution in [-0.4, -0.2) is 38.8 Å². The quantitative estimate of drug-likeness (QED) is 0.631. The van der Waals surface area contributed by atoms with E-state index in [1.54, 1.807) is 18.6 Å². The molecule has 3 heterocycles. The zero-order valence-corrected chi connectivity index (χ0v) is 17.3. The van der Waals surface area contributed by atoms with Crippen LogP contribution in [0.5, 0.6) is 0 Å². The van der Waals surface area contributed by atoms with Gasteiger partial charge in [0.15, 0.2) is 0 Å². The number of carbonyl (C=O) groups excluding carboxylic acids is 1. The Bertz CT molecular complexity index is 964. The van der Waals surface area contributed by atoms with Crippen LogP contribution in [0.4, 0.5) is 5.95 Å². The summed E-state index contributed by atoms with van der Waals surface area (Å²) in [5.41, 5.74) is 3.41. The standard InChI is InChI=1S/C24H27N5O/c1-19-7-2-3-9-21(19)17-29(16-20-8-4-11-25-15-20)23(30)22-10-5-14-28(18-22)24-26-12-6-13-27-24/h2-4,6-9,11-13,15,22H,5,10,14,16-18H2,1H3/t22-/m0/s1. The van der Waals surface area contributed by atoms with Crippen molar-refractivity contribution in [3.8, 4) is 0 Å². The van der Waals surface area contributed by atoms with Crippen molar-refractivity contribution < 1.29 is 4.79 Å². The number of aromatic nitrogens is 3. The summed E-state index contributed by atoms with van der Waals surface area (Å²) in [6, 6.07) is 14.0. The summed E-state index contributed by atoms with van der Waals surface area (Å²) in [6.07, 6.45) is 8.94. The molecule has 30 heavy (non-hydrogen) atoms. The average Bonchev–Trinajstić information content (AvgIpc) is 2.81. The van der Waals surface area contributed by atoms with Gasteiger partial charge in [-0.05, 0) is 48.6 Å². The molecule has 1 fully saturated rings. The number of hydrogen-bond acceptors (Lipinski definition) is 5. The minimum atomic E-state index is -0.0664. The topological polar surface area (TPSA) is 62.2 Å². The van der Waals surface area contributed by atoms with Crippen LogP contribution in [-0.2, 0) is 17.9 Å². The highest BCUT2D eigenvalue weighted by Gasteiger charge is 2.30. The molecule has 154 valence electrons. The first-order valence-corrected chi connectivity index (χ1v) is 10.4. The van der Waals surface area contributed by atoms with Crippen molar-refractivity contribution in [3.05, 3.63) is 83.9 Å². The van der Waals surface area contributed by atoms with Crippen LogP contribution in [0.3, 0.4) is 0 Å². The van der Waals surface area contributed by atoms with Crippen molar-refractivity contribution in [3.63, 3.8) is 0 Å². The van der Waals surface area contributed by atoms with Gasteiger partial charge in [-0.15, -0.1) is 0 Å². The van der Waals surface area contributed by atoms with E-state index in [-0.39, 0.29) is 11.8 Å². The highest BCUT2D eigenvalue weighted by molar-refractivity contribution is 5.79. The van der Waals surface area contributed by atoms with E-state index in [1.165, 1.54) is 11.1 Å². The Balaban J connectivity index is 1.54. The van der Waals surface area contributed by atoms with Crippen molar-refractivity contribution in [1.29, 1.82) is 0 Å². The van der Waals surface area contributed by atoms with Crippen LogP contribution in [0.15, 0.2) is 67.3 Å². The largest absolute Gasteiger partial charge is 0.340 e. The Morgan fingerprint density at radius 1 is 1.07 bits per heavy atom. The second kappa shape index (κ2) is 9.48. The molecule has 1 aliphatic heterocycles. The highest BCUT2D eigenvalue weighted by atomic mass is 16.2. The Kier molecular flexibility index (Phi) is 6.32. The minimum absolute atomic E-state index is 0.0664. The van der Waals surface area contributed by atoms with Gasteiger partial charge in [0.2, 0.25) is 11.9 Å². The van der Waals surface area contributed by atoms with Gasteiger partial charge < -0.3 is 9.80 Å². The molecule has 3 aromatic rings. The van der Waals surface area contributed by atoms with Gasteiger partial charge in [0.25, 0.3) is 0 Å². The van der Waals surface area contributed by atoms with Crippen LogP contribution in [0, 0.1) is 12.8 Å². The first kappa shape index (κ1) is 20.0. The Labute approximate surface area is 177 Å². The van der Waals surface area contributed by atoms with Crippen molar-refractivity contribution in [2.45, 2.75) is 32.9 Å². The lowest BCUT2D eigenvalue weighted by molar-refractivity contribution is -0.137. The van der Waals surface area contributed by atoms with Gasteiger partial charge in [-0.25, -0.2) is 9.97 Å². The second-order valence-electron chi connectivity index (χ2n) is 7.82. The Morgan fingerprint density at radius 2 is 1.90 bits per heavy atom. The molecule has 2 aromatic heterocycles. The first-order valence-electron chi connectivity index (χ1n) is 10.4. The van der Waals surface area contributed by atoms with Crippen LogP contribution >= 0.6 is 0 Å². The third kappa shape index (κ3) is 4.82. The number of amides is 1. The lowest BCUT2D eigenvalue weighted by Crippen LogP contribution is -2.45. The van der Waals surface area contributed by atoms with Crippen LogP contribution < -0.4 is 4.90 Å². The molecular weight excluding hydrogens is 374 g/mol. The number of rotatable bonds is 6. The summed E-state index contributed by atoms with van der Waals surface area (Å²) in [5.74, 6) is 0.818. The molecule has 0 spiro atoms. The smallest absolute Gasteiger partial charge is 0.228 e. The molecule has 1 amide bonds. The molecule has 0 bridgehead atoms. The summed E-state index contributed by atoms with van der Waals surface area (Å²) in [4.78, 5) is 30.7. The van der Waals surface area contributed by atoms with Crippen molar-refractivity contribution >= 4 is 11.9 Å². The van der Waals surface area contributed by atoms with Crippen molar-refractivity contribution in [2.24, 2.45) is 5.92 Å². The third-order valence-electron chi connectivity index (χ3n) is 5.64. The lowest BCUT2D eigenvalue weighted by atomic mass is 9.96. The third-order valence-corrected chi connectivity index (χ3v) is 5.64. The molecule has 1 atom stereocenters. The molecular formula is C24H27N5O. The maximum absolute atomic E-state index is 13.6. The van der Waals surface area contributed by atoms with Crippen LogP contribution in [0.1, 0.15) is 29.5 Å². The van der Waals surface area contributed by atoms with Crippen molar-refractivity contribution in [2.75, 3.05) is 18.0 Å². The van der Waals surface area contributed by atoms with E-state index in [4.69, 9.17) is 0 Å². The first-order chi connectivity index (χ1) is 14.7. The van der Waals surface area contributed by atoms with Gasteiger partial charge in [-0.2, -0.15) is 0 Å². The van der Waals surface area contributed by atoms with Gasteiger partial charge in [0.1, 0.15) is 0 Å². The second-order valence-corrected chi connectivity index (χ2v) is 7.82. The number of aryl methyl sites for hydroxylation is 1. The Hall–Kier alpha value is -3.28. The van der Waals surface area contributed by atoms with E-state index >= 15 is 0 Å². The number of pyridine rings is 1. The summed E-state index contributed by atoms with van der Waals surface area (Å²) in [7, 11) is 0. The van der Waals surface area contributed by atoms with Gasteiger partial charge in [0.05, 0.1) is 5.92 Å². The number of anilines is 1. The van der Waals surface area contributed by atoms with Crippen LogP contribution in [0.25, 0.3) is 0 Å². The van der Waals surface area contributed by atoms with Gasteiger partial charge in [-0.3, -0.25) is 9.78 Å². The minimum Gasteiger partial charge on any atom is -0.340 e. The number of piperidine rings is 1. The molecule has 6 heteroatoms. The molecule has 6 nitrogen and oxygen atoms in total. The predicted molar refractivity (Wildman–Crippen MR) is 117 cm³/mol. The maximum atomic E-state index is 13.6. The normalized spacial score (nSPS) is 16.3. The molecule has 1 aliphatic rings. The summed E-state index contributed by atoms with van der Waals surface area (Å²) in [6.45, 7) is 4.78. The van der Waals surface area contributed by atoms with Gasteiger partial charge >= 0.3 is 0 Å². The van der Waals surface area contributed by atoms with E-state index in [9.17, 15) is 4.79 Å². The van der Waals surface area contributed by atoms with E-state index in [0.29, 0.717) is 25.6 Å². The number of nitrogens with zero attached hydrogens (tertiary/aromatic N) is 5. The summed E-state index contributed by atoms with van der Waals surface area (Å²) < 4.78 is 0. The molecule has 0 aliphatic carbocycles. The summed E-state index contributed by atoms with van der Waals surface area (Å²) >= 11 is 0. The molecule has 4 rings (SSSR count). The zero-order valence-electron chi connectivity index (χ0n) is 17.3. The number of benzene rings is 1. The predicted octanol–water partition coefficient (Wildman–Crippen LogP) is 3.63. The molecule has 0 saturated carbocycles. The maximum Gasteiger partial charge on any atom is 0.228 e. The SMILES string of the molecule is Cc1ccccc1CN(Cc1cccnc1)C(=O)[C@H]1CCCN(c2ncccn2)C1. The summed E-state index contributed by atoms with van der Waals surface area (Å²) in [5, 5.41) is 0. The number of carbonyl (C=O) groups is 1. The molecule has 0 unspecified atom stereocenters. The van der Waals surface area contributed by atoms with Gasteiger partial charge in [-0.1, -0.05) is 30.3 Å². The van der Waals surface area contributed by atoms with Crippen LogP contribution in [0.2, 0.25) is 0 Å². The van der Waals surface area contributed by atoms with Crippen molar-refractivity contribution in [1.82, 2.24) is 19.9 Å². The zero-order chi connectivity index (χ0) is 20.8. The molecule has 1 saturated heterocycles. The van der Waals surface area contributed by atoms with E-state index in [2.05, 4.69) is 38.9 Å². The van der Waals surface area contributed by atoms with E-state index in [1.807, 2.05) is 41.4 Å². The Morgan fingerprint density at radius 3 is 2.67 bits per heavy atom. The molecule has 0 N–H and O–H groups in total. The van der Waals surface area contributed by atoms with Gasteiger partial charge in [0, 0.05) is 51.0 Å². The highest BCUT2D eigenvalue weighted by Crippen LogP contribution is 2.24. The molecule has 0 radical (unpaired) electrons. The fraction of sp³-hybridized carbons (Fsp3) is 0.333. The fourth-order valence-electron chi connectivity index (χ4n) is 3.99. The lowest BCUT2D eigenvalue weighted by Gasteiger charge is -2.35. The monoisotopic (exact) mass is 401 g/mol. The van der Waals surface area contributed by atoms with E-state index in [0.717, 1.165) is 24.9 Å². The van der Waals surface area contributed by atoms with E-state index < -0.39 is 0 Å². The molecule has 1 aromatic carbocycles. The number of hydrogen-bond donors (Lipinski definition) is 0. The fourth-order valence-corrected chi connectivity index (χ4v) is 3.99. The average molecular weight is 402 g/mol.